The first-order chi connectivity index (χ1) is 24.2. The van der Waals surface area contributed by atoms with Crippen LogP contribution in [0.15, 0.2) is 77.1 Å². The van der Waals surface area contributed by atoms with E-state index in [4.69, 9.17) is 4.74 Å². The molecule has 2 spiro atoms. The van der Waals surface area contributed by atoms with E-state index in [0.717, 1.165) is 56.9 Å². The minimum Gasteiger partial charge on any atom is -0.359 e. The molecule has 1 aromatic carbocycles. The summed E-state index contributed by atoms with van der Waals surface area (Å²) in [6, 6.07) is 9.11. The van der Waals surface area contributed by atoms with Crippen molar-refractivity contribution in [2.45, 2.75) is 112 Å². The van der Waals surface area contributed by atoms with Crippen molar-refractivity contribution in [3.05, 3.63) is 77.7 Å². The van der Waals surface area contributed by atoms with Crippen molar-refractivity contribution in [2.75, 3.05) is 5.75 Å². The molecule has 2 aromatic rings. The predicted molar refractivity (Wildman–Crippen MR) is 195 cm³/mol. The third-order valence-electron chi connectivity index (χ3n) is 13.1. The summed E-state index contributed by atoms with van der Waals surface area (Å²) in [4.78, 5) is 45.4. The Morgan fingerprint density at radius 1 is 1.14 bits per heavy atom. The van der Waals surface area contributed by atoms with E-state index >= 15 is 0 Å². The van der Waals surface area contributed by atoms with Crippen LogP contribution in [0.1, 0.15) is 82.6 Å². The lowest BCUT2D eigenvalue weighted by atomic mass is 9.58. The van der Waals surface area contributed by atoms with Crippen molar-refractivity contribution < 1.29 is 19.1 Å². The molecule has 0 radical (unpaired) electrons. The van der Waals surface area contributed by atoms with Gasteiger partial charge in [0, 0.05) is 41.6 Å². The Morgan fingerprint density at radius 2 is 2.06 bits per heavy atom. The Balaban J connectivity index is 0.819. The summed E-state index contributed by atoms with van der Waals surface area (Å²) in [7, 11) is 0. The summed E-state index contributed by atoms with van der Waals surface area (Å²) in [6.07, 6.45) is 22.8. The standard InChI is InChI=1S/C40H45N5O4S/c1-38-14-12-28-19-27-8-9-29(43-35(47)22-42-34(46)5-3-2-4-32-36-31(23-50-32)44-37(48)45-36)20-39(27)15-16-40(28,49-39)33(38)11-10-30(38)25-7-6-24-13-17-41-21-26(24)18-25/h6-9,12-13,17-19,21-22,29-33,36H,2-5,10-11,14-16,20,23H2,1H3,(H,43,47)(H2,44,45,48)/b42-22+/t29-,30-,31+,32+,33-,36+,38-,39-,40-/m1/s1. The highest BCUT2D eigenvalue weighted by molar-refractivity contribution is 8.00. The van der Waals surface area contributed by atoms with Crippen LogP contribution < -0.4 is 16.0 Å². The molecule has 3 aliphatic carbocycles. The van der Waals surface area contributed by atoms with Gasteiger partial charge in [0.15, 0.2) is 0 Å². The highest BCUT2D eigenvalue weighted by Gasteiger charge is 2.66. The SMILES string of the molecule is C[C@]12CC=C3C=C4C=C[C@@H](NC(=O)/C=N/C(=O)CCCC[C@@H]5SC[C@@H]6NC(=O)N[C@@H]65)C[C@]45CC[C@]3(O5)[C@@H]1CC[C@@H]2c1ccc2ccncc2c1. The van der Waals surface area contributed by atoms with Crippen molar-refractivity contribution in [3.8, 4) is 0 Å². The normalized spacial score (nSPS) is 37.7. The van der Waals surface area contributed by atoms with Crippen LogP contribution in [0.5, 0.6) is 0 Å². The number of carbonyl (C=O) groups is 3. The van der Waals surface area contributed by atoms with Crippen LogP contribution in [-0.4, -0.2) is 69.4 Å². The van der Waals surface area contributed by atoms with E-state index in [9.17, 15) is 14.4 Å². The van der Waals surface area contributed by atoms with E-state index in [1.54, 1.807) is 0 Å². The van der Waals surface area contributed by atoms with Gasteiger partial charge in [0.25, 0.3) is 5.91 Å². The maximum atomic E-state index is 12.9. The van der Waals surface area contributed by atoms with Gasteiger partial charge in [-0.1, -0.05) is 49.8 Å². The van der Waals surface area contributed by atoms with Gasteiger partial charge in [-0.2, -0.15) is 11.8 Å². The maximum Gasteiger partial charge on any atom is 0.315 e. The number of unbranched alkanes of at least 4 members (excludes halogenated alkanes) is 1. The fourth-order valence-electron chi connectivity index (χ4n) is 10.7. The van der Waals surface area contributed by atoms with Gasteiger partial charge in [0.1, 0.15) is 0 Å². The molecular formula is C40H45N5O4S. The smallest absolute Gasteiger partial charge is 0.315 e. The Kier molecular flexibility index (Phi) is 7.84. The van der Waals surface area contributed by atoms with Gasteiger partial charge >= 0.3 is 6.03 Å². The highest BCUT2D eigenvalue weighted by Crippen LogP contribution is 2.69. The minimum absolute atomic E-state index is 0.0800. The number of carbonyl (C=O) groups excluding carboxylic acids is 3. The lowest BCUT2D eigenvalue weighted by Crippen LogP contribution is -2.54. The van der Waals surface area contributed by atoms with Gasteiger partial charge < -0.3 is 20.7 Å². The molecule has 5 heterocycles. The van der Waals surface area contributed by atoms with Crippen molar-refractivity contribution in [1.82, 2.24) is 20.9 Å². The van der Waals surface area contributed by atoms with Crippen molar-refractivity contribution >= 4 is 46.6 Å². The number of nitrogens with zero attached hydrogens (tertiary/aromatic N) is 2. The fraction of sp³-hybridized carbons (Fsp3) is 0.525. The van der Waals surface area contributed by atoms with Crippen molar-refractivity contribution in [3.63, 3.8) is 0 Å². The first-order valence-electron chi connectivity index (χ1n) is 18.5. The molecule has 1 saturated carbocycles. The van der Waals surface area contributed by atoms with Gasteiger partial charge in [-0.15, -0.1) is 0 Å². The second-order valence-electron chi connectivity index (χ2n) is 15.8. The quantitative estimate of drug-likeness (QED) is 0.176. The number of benzene rings is 1. The summed E-state index contributed by atoms with van der Waals surface area (Å²) in [5.41, 5.74) is 3.35. The monoisotopic (exact) mass is 691 g/mol. The largest absolute Gasteiger partial charge is 0.359 e. The van der Waals surface area contributed by atoms with Gasteiger partial charge in [-0.25, -0.2) is 9.79 Å². The summed E-state index contributed by atoms with van der Waals surface area (Å²) in [5, 5.41) is 11.9. The first kappa shape index (κ1) is 32.2. The second kappa shape index (κ2) is 12.2. The fourth-order valence-corrected chi connectivity index (χ4v) is 12.3. The Bertz CT molecular complexity index is 1890. The number of rotatable bonds is 8. The number of fused-ring (bicyclic) bond motifs is 3. The number of nitrogens with one attached hydrogen (secondary N) is 3. The molecule has 3 N–H and O–H groups in total. The average Bonchev–Trinajstić information content (AvgIpc) is 3.85. The predicted octanol–water partition coefficient (Wildman–Crippen LogP) is 6.06. The molecule has 7 aliphatic rings. The molecule has 1 aromatic heterocycles. The molecule has 10 heteroatoms. The van der Waals surface area contributed by atoms with E-state index in [0.29, 0.717) is 36.3 Å². The van der Waals surface area contributed by atoms with Crippen LogP contribution in [-0.2, 0) is 14.3 Å². The lowest BCUT2D eigenvalue weighted by Gasteiger charge is -2.53. The van der Waals surface area contributed by atoms with E-state index in [1.165, 1.54) is 27.5 Å². The third kappa shape index (κ3) is 5.27. The molecule has 4 amide bonds. The number of thioether (sulfide) groups is 1. The summed E-state index contributed by atoms with van der Waals surface area (Å²) in [6.45, 7) is 2.49. The number of pyridine rings is 1. The van der Waals surface area contributed by atoms with Crippen molar-refractivity contribution in [1.29, 1.82) is 0 Å². The number of aliphatic imine (C=N–C) groups is 1. The van der Waals surface area contributed by atoms with Crippen LogP contribution >= 0.6 is 11.8 Å². The molecule has 9 nitrogen and oxygen atoms in total. The topological polar surface area (TPSA) is 122 Å². The Morgan fingerprint density at radius 3 is 2.98 bits per heavy atom. The van der Waals surface area contributed by atoms with Crippen molar-refractivity contribution in [2.24, 2.45) is 16.3 Å². The van der Waals surface area contributed by atoms with Crippen LogP contribution in [0.4, 0.5) is 4.79 Å². The second-order valence-corrected chi connectivity index (χ2v) is 17.1. The summed E-state index contributed by atoms with van der Waals surface area (Å²) in [5.74, 6) is 1.18. The van der Waals surface area contributed by atoms with E-state index < -0.39 is 5.60 Å². The van der Waals surface area contributed by atoms with E-state index in [2.05, 4.69) is 81.4 Å². The van der Waals surface area contributed by atoms with Gasteiger partial charge in [0.2, 0.25) is 5.91 Å². The van der Waals surface area contributed by atoms with E-state index in [-0.39, 0.29) is 47.0 Å². The van der Waals surface area contributed by atoms with Crippen LogP contribution in [0.3, 0.4) is 0 Å². The molecule has 4 aliphatic heterocycles. The van der Waals surface area contributed by atoms with Crippen LogP contribution in [0, 0.1) is 11.3 Å². The zero-order chi connectivity index (χ0) is 34.1. The molecular weight excluding hydrogens is 647 g/mol. The summed E-state index contributed by atoms with van der Waals surface area (Å²) < 4.78 is 7.38. The maximum absolute atomic E-state index is 12.9. The van der Waals surface area contributed by atoms with Gasteiger partial charge in [-0.05, 0) is 96.4 Å². The number of amides is 4. The Hall–Kier alpha value is -3.76. The number of hydrogen-bond donors (Lipinski definition) is 3. The van der Waals surface area contributed by atoms with Crippen LogP contribution in [0.25, 0.3) is 10.8 Å². The van der Waals surface area contributed by atoms with E-state index in [1.807, 2.05) is 24.2 Å². The Labute approximate surface area is 297 Å². The number of hydrogen-bond acceptors (Lipinski definition) is 6. The number of allylic oxidation sites excluding steroid dienone is 1. The van der Waals surface area contributed by atoms with Crippen LogP contribution in [0.2, 0.25) is 0 Å². The number of aromatic nitrogens is 1. The zero-order valence-electron chi connectivity index (χ0n) is 28.5. The zero-order valence-corrected chi connectivity index (χ0v) is 29.3. The molecule has 9 rings (SSSR count). The average molecular weight is 692 g/mol. The molecule has 0 unspecified atom stereocenters. The number of urea groups is 1. The molecule has 260 valence electrons. The molecule has 50 heavy (non-hydrogen) atoms. The summed E-state index contributed by atoms with van der Waals surface area (Å²) >= 11 is 1.88. The first-order valence-corrected chi connectivity index (χ1v) is 19.5. The highest BCUT2D eigenvalue weighted by atomic mass is 32.2. The minimum atomic E-state index is -0.420. The molecule has 4 fully saturated rings. The van der Waals surface area contributed by atoms with Gasteiger partial charge in [0.05, 0.1) is 35.5 Å². The third-order valence-corrected chi connectivity index (χ3v) is 14.6. The number of ether oxygens (including phenoxy) is 1. The van der Waals surface area contributed by atoms with Gasteiger partial charge in [-0.3, -0.25) is 14.6 Å². The lowest BCUT2D eigenvalue weighted by molar-refractivity contribution is -0.131. The molecule has 3 saturated heterocycles. The molecule has 9 atom stereocenters. The molecule has 2 bridgehead atoms.